The summed E-state index contributed by atoms with van der Waals surface area (Å²) < 4.78 is 26.1. The van der Waals surface area contributed by atoms with E-state index in [-0.39, 0.29) is 11.8 Å². The Hall–Kier alpha value is -0.180. The van der Waals surface area contributed by atoms with Gasteiger partial charge >= 0.3 is 0 Å². The maximum absolute atomic E-state index is 13.0. The van der Waals surface area contributed by atoms with E-state index in [0.29, 0.717) is 13.1 Å². The minimum atomic E-state index is -2.33. The third-order valence-corrected chi connectivity index (χ3v) is 3.15. The number of fused-ring (bicyclic) bond motifs is 2. The van der Waals surface area contributed by atoms with Crippen LogP contribution in [0.1, 0.15) is 19.8 Å². The van der Waals surface area contributed by atoms with Gasteiger partial charge in [-0.1, -0.05) is 6.92 Å². The molecular formula is C9H15F2N. The zero-order valence-corrected chi connectivity index (χ0v) is 7.39. The summed E-state index contributed by atoms with van der Waals surface area (Å²) in [5.74, 6) is -2.99. The average molecular weight is 175 g/mol. The molecule has 3 fully saturated rings. The van der Waals surface area contributed by atoms with Gasteiger partial charge in [0.1, 0.15) is 0 Å². The molecular weight excluding hydrogens is 160 g/mol. The van der Waals surface area contributed by atoms with E-state index < -0.39 is 5.92 Å². The van der Waals surface area contributed by atoms with Crippen LogP contribution in [0.4, 0.5) is 8.78 Å². The number of hydrogen-bond acceptors (Lipinski definition) is 1. The van der Waals surface area contributed by atoms with Gasteiger partial charge in [0.15, 0.2) is 0 Å². The summed E-state index contributed by atoms with van der Waals surface area (Å²) in [6.07, 6.45) is 1.83. The van der Waals surface area contributed by atoms with E-state index in [1.807, 2.05) is 0 Å². The number of hydrogen-bond donors (Lipinski definition) is 0. The summed E-state index contributed by atoms with van der Waals surface area (Å²) >= 11 is 0. The summed E-state index contributed by atoms with van der Waals surface area (Å²) in [7, 11) is 0. The number of nitrogens with zero attached hydrogens (tertiary/aromatic N) is 1. The maximum atomic E-state index is 13.0. The highest BCUT2D eigenvalue weighted by Crippen LogP contribution is 2.52. The lowest BCUT2D eigenvalue weighted by Crippen LogP contribution is -2.62. The van der Waals surface area contributed by atoms with E-state index in [9.17, 15) is 8.78 Å². The summed E-state index contributed by atoms with van der Waals surface area (Å²) in [6.45, 7) is 4.33. The minimum Gasteiger partial charge on any atom is -0.302 e. The Morgan fingerprint density at radius 3 is 2.33 bits per heavy atom. The monoisotopic (exact) mass is 175 g/mol. The lowest BCUT2D eigenvalue weighted by molar-refractivity contribution is -0.226. The zero-order valence-electron chi connectivity index (χ0n) is 7.39. The molecule has 70 valence electrons. The number of halogens is 2. The molecule has 2 saturated heterocycles. The van der Waals surface area contributed by atoms with Gasteiger partial charge < -0.3 is 4.90 Å². The highest BCUT2D eigenvalue weighted by atomic mass is 19.3. The van der Waals surface area contributed by atoms with Gasteiger partial charge in [0.25, 0.3) is 5.92 Å². The average Bonchev–Trinajstić information content (AvgIpc) is 2.05. The molecule has 3 rings (SSSR count). The molecule has 0 N–H and O–H groups in total. The van der Waals surface area contributed by atoms with Crippen molar-refractivity contribution >= 4 is 0 Å². The molecule has 0 aromatic carbocycles. The van der Waals surface area contributed by atoms with Gasteiger partial charge in [-0.25, -0.2) is 8.78 Å². The van der Waals surface area contributed by atoms with Crippen molar-refractivity contribution in [2.45, 2.75) is 25.7 Å². The minimum absolute atomic E-state index is 0.331. The smallest absolute Gasteiger partial charge is 0.256 e. The second kappa shape index (κ2) is 2.66. The molecule has 2 aliphatic heterocycles. The van der Waals surface area contributed by atoms with Gasteiger partial charge in [-0.3, -0.25) is 0 Å². The predicted molar refractivity (Wildman–Crippen MR) is 43.3 cm³/mol. The van der Waals surface area contributed by atoms with Gasteiger partial charge in [-0.2, -0.15) is 0 Å². The highest BCUT2D eigenvalue weighted by molar-refractivity contribution is 5.02. The second-order valence-corrected chi connectivity index (χ2v) is 4.06. The third-order valence-electron chi connectivity index (χ3n) is 3.15. The zero-order chi connectivity index (χ0) is 8.77. The standard InChI is InChI=1S/C9H15F2N/c1-2-3-12-5-7-4-8(6-12)9(7,10)11/h7-8H,2-6H2,1H3. The van der Waals surface area contributed by atoms with E-state index in [1.165, 1.54) is 0 Å². The van der Waals surface area contributed by atoms with E-state index in [0.717, 1.165) is 19.4 Å². The van der Waals surface area contributed by atoms with Crippen LogP contribution in [-0.4, -0.2) is 30.5 Å². The quantitative estimate of drug-likeness (QED) is 0.620. The lowest BCUT2D eigenvalue weighted by Gasteiger charge is -2.53. The van der Waals surface area contributed by atoms with Crippen molar-refractivity contribution in [3.63, 3.8) is 0 Å². The van der Waals surface area contributed by atoms with E-state index in [1.54, 1.807) is 0 Å². The number of piperidine rings is 2. The molecule has 0 aromatic rings. The van der Waals surface area contributed by atoms with Crippen LogP contribution in [0.15, 0.2) is 0 Å². The molecule has 2 bridgehead atoms. The molecule has 0 spiro atoms. The molecule has 0 amide bonds. The Bertz CT molecular complexity index is 167. The van der Waals surface area contributed by atoms with Gasteiger partial charge in [0, 0.05) is 24.9 Å². The fourth-order valence-electron chi connectivity index (χ4n) is 2.42. The molecule has 3 aliphatic rings. The maximum Gasteiger partial charge on any atom is 0.256 e. The van der Waals surface area contributed by atoms with Gasteiger partial charge in [-0.15, -0.1) is 0 Å². The highest BCUT2D eigenvalue weighted by Gasteiger charge is 2.60. The first-order valence-corrected chi connectivity index (χ1v) is 4.74. The van der Waals surface area contributed by atoms with Crippen molar-refractivity contribution in [2.24, 2.45) is 11.8 Å². The Labute approximate surface area is 71.7 Å². The Morgan fingerprint density at radius 1 is 1.33 bits per heavy atom. The van der Waals surface area contributed by atoms with E-state index in [4.69, 9.17) is 0 Å². The Balaban J connectivity index is 1.92. The van der Waals surface area contributed by atoms with Crippen LogP contribution in [0.3, 0.4) is 0 Å². The first kappa shape index (κ1) is 8.42. The molecule has 3 heteroatoms. The van der Waals surface area contributed by atoms with Crippen molar-refractivity contribution in [3.05, 3.63) is 0 Å². The van der Waals surface area contributed by atoms with Crippen LogP contribution >= 0.6 is 0 Å². The number of rotatable bonds is 2. The van der Waals surface area contributed by atoms with Crippen molar-refractivity contribution in [1.29, 1.82) is 0 Å². The second-order valence-electron chi connectivity index (χ2n) is 4.06. The fraction of sp³-hybridized carbons (Fsp3) is 1.00. The van der Waals surface area contributed by atoms with Crippen molar-refractivity contribution < 1.29 is 8.78 Å². The molecule has 0 aromatic heterocycles. The third kappa shape index (κ3) is 1.06. The van der Waals surface area contributed by atoms with Crippen LogP contribution in [0.2, 0.25) is 0 Å². The van der Waals surface area contributed by atoms with E-state index >= 15 is 0 Å². The molecule has 12 heavy (non-hydrogen) atoms. The van der Waals surface area contributed by atoms with Crippen LogP contribution < -0.4 is 0 Å². The summed E-state index contributed by atoms with van der Waals surface area (Å²) in [6, 6.07) is 0. The van der Waals surface area contributed by atoms with Crippen LogP contribution in [0.5, 0.6) is 0 Å². The number of alkyl halides is 2. The Kier molecular flexibility index (Phi) is 1.86. The molecule has 1 saturated carbocycles. The normalized spacial score (nSPS) is 39.2. The van der Waals surface area contributed by atoms with Crippen LogP contribution in [0.25, 0.3) is 0 Å². The fourth-order valence-corrected chi connectivity index (χ4v) is 2.42. The van der Waals surface area contributed by atoms with Crippen molar-refractivity contribution in [2.75, 3.05) is 19.6 Å². The van der Waals surface area contributed by atoms with Crippen LogP contribution in [-0.2, 0) is 0 Å². The first-order chi connectivity index (χ1) is 5.64. The predicted octanol–water partition coefficient (Wildman–Crippen LogP) is 1.98. The SMILES string of the molecule is CCCN1CC2CC(C1)C2(F)F. The van der Waals surface area contributed by atoms with Gasteiger partial charge in [0.2, 0.25) is 0 Å². The molecule has 1 nitrogen and oxygen atoms in total. The van der Waals surface area contributed by atoms with E-state index in [2.05, 4.69) is 11.8 Å². The van der Waals surface area contributed by atoms with Gasteiger partial charge in [-0.05, 0) is 19.4 Å². The van der Waals surface area contributed by atoms with Gasteiger partial charge in [0.05, 0.1) is 0 Å². The largest absolute Gasteiger partial charge is 0.302 e. The molecule has 2 heterocycles. The topological polar surface area (TPSA) is 3.24 Å². The summed E-state index contributed by atoms with van der Waals surface area (Å²) in [5.41, 5.74) is 0. The van der Waals surface area contributed by atoms with Crippen molar-refractivity contribution in [3.8, 4) is 0 Å². The lowest BCUT2D eigenvalue weighted by atomic mass is 9.67. The first-order valence-electron chi connectivity index (χ1n) is 4.74. The summed E-state index contributed by atoms with van der Waals surface area (Å²) in [4.78, 5) is 2.18. The Morgan fingerprint density at radius 2 is 1.92 bits per heavy atom. The molecule has 2 unspecified atom stereocenters. The van der Waals surface area contributed by atoms with Crippen molar-refractivity contribution in [1.82, 2.24) is 4.90 Å². The van der Waals surface area contributed by atoms with Crippen LogP contribution in [0, 0.1) is 11.8 Å². The molecule has 2 atom stereocenters. The summed E-state index contributed by atoms with van der Waals surface area (Å²) in [5, 5.41) is 0. The molecule has 0 radical (unpaired) electrons. The molecule has 1 aliphatic carbocycles.